The fourth-order valence-corrected chi connectivity index (χ4v) is 3.16. The third-order valence-corrected chi connectivity index (χ3v) is 5.59. The van der Waals surface area contributed by atoms with Gasteiger partial charge in [0, 0.05) is 12.6 Å². The molecule has 16 heavy (non-hydrogen) atoms. The minimum atomic E-state index is -1.12. The molecule has 0 spiro atoms. The summed E-state index contributed by atoms with van der Waals surface area (Å²) < 4.78 is 0. The van der Waals surface area contributed by atoms with Crippen LogP contribution in [0.5, 0.6) is 0 Å². The van der Waals surface area contributed by atoms with Gasteiger partial charge in [0.25, 0.3) is 0 Å². The van der Waals surface area contributed by atoms with E-state index >= 15 is 0 Å². The van der Waals surface area contributed by atoms with Crippen LogP contribution in [0.3, 0.4) is 0 Å². The Balaban J connectivity index is 1.91. The Labute approximate surface area is 100 Å². The Bertz CT molecular complexity index is 333. The molecule has 0 aliphatic heterocycles. The fourth-order valence-electron chi connectivity index (χ4n) is 2.00. The van der Waals surface area contributed by atoms with Gasteiger partial charge in [0.05, 0.1) is 8.07 Å². The lowest BCUT2D eigenvalue weighted by molar-refractivity contribution is 0.338. The molecule has 1 aromatic rings. The lowest BCUT2D eigenvalue weighted by Crippen LogP contribution is -2.37. The van der Waals surface area contributed by atoms with Crippen LogP contribution >= 0.6 is 0 Å². The standard InChI is InChI=1S/C14H23NSi/c1-16(2,3)14-9-7-12(8-10-14)11-15-13-5-4-6-13/h7-10,13,15H,4-6,11H2,1-3H3. The maximum atomic E-state index is 3.60. The van der Waals surface area contributed by atoms with Crippen LogP contribution in [0, 0.1) is 0 Å². The average molecular weight is 233 g/mol. The normalized spacial score (nSPS) is 17.2. The second-order valence-electron chi connectivity index (χ2n) is 5.96. The highest BCUT2D eigenvalue weighted by atomic mass is 28.3. The summed E-state index contributed by atoms with van der Waals surface area (Å²) in [5, 5.41) is 5.16. The summed E-state index contributed by atoms with van der Waals surface area (Å²) in [6, 6.07) is 10.0. The molecule has 0 amide bonds. The van der Waals surface area contributed by atoms with Crippen molar-refractivity contribution in [2.75, 3.05) is 0 Å². The monoisotopic (exact) mass is 233 g/mol. The molecule has 1 N–H and O–H groups in total. The second-order valence-corrected chi connectivity index (χ2v) is 11.0. The Morgan fingerprint density at radius 3 is 2.19 bits per heavy atom. The number of benzene rings is 1. The van der Waals surface area contributed by atoms with Crippen LogP contribution in [-0.4, -0.2) is 14.1 Å². The first-order chi connectivity index (χ1) is 7.55. The SMILES string of the molecule is C[Si](C)(C)c1ccc(CNC2CCC2)cc1. The highest BCUT2D eigenvalue weighted by molar-refractivity contribution is 6.88. The number of hydrogen-bond acceptors (Lipinski definition) is 1. The van der Waals surface area contributed by atoms with Crippen LogP contribution in [0.25, 0.3) is 0 Å². The summed E-state index contributed by atoms with van der Waals surface area (Å²) in [5.74, 6) is 0. The minimum Gasteiger partial charge on any atom is -0.310 e. The predicted octanol–water partition coefficient (Wildman–Crippen LogP) is 2.87. The molecule has 0 bridgehead atoms. The van der Waals surface area contributed by atoms with Crippen molar-refractivity contribution in [3.05, 3.63) is 29.8 Å². The number of nitrogens with one attached hydrogen (secondary N) is 1. The summed E-state index contributed by atoms with van der Waals surface area (Å²) in [5.41, 5.74) is 1.42. The van der Waals surface area contributed by atoms with Crippen LogP contribution in [0.15, 0.2) is 24.3 Å². The lowest BCUT2D eigenvalue weighted by Gasteiger charge is -2.26. The largest absolute Gasteiger partial charge is 0.310 e. The maximum absolute atomic E-state index is 3.60. The quantitative estimate of drug-likeness (QED) is 0.789. The summed E-state index contributed by atoms with van der Waals surface area (Å²) in [7, 11) is -1.12. The van der Waals surface area contributed by atoms with E-state index in [1.54, 1.807) is 5.19 Å². The molecule has 1 saturated carbocycles. The zero-order valence-electron chi connectivity index (χ0n) is 10.7. The van der Waals surface area contributed by atoms with E-state index < -0.39 is 8.07 Å². The molecular weight excluding hydrogens is 210 g/mol. The molecule has 0 heterocycles. The van der Waals surface area contributed by atoms with Gasteiger partial charge in [-0.1, -0.05) is 55.5 Å². The van der Waals surface area contributed by atoms with Crippen molar-refractivity contribution in [1.29, 1.82) is 0 Å². The van der Waals surface area contributed by atoms with Crippen LogP contribution in [0.2, 0.25) is 19.6 Å². The molecule has 2 heteroatoms. The number of rotatable bonds is 4. The topological polar surface area (TPSA) is 12.0 Å². The van der Waals surface area contributed by atoms with E-state index in [9.17, 15) is 0 Å². The Morgan fingerprint density at radius 2 is 1.75 bits per heavy atom. The molecule has 1 aliphatic rings. The van der Waals surface area contributed by atoms with Gasteiger partial charge in [0.2, 0.25) is 0 Å². The van der Waals surface area contributed by atoms with Crippen LogP contribution in [0.1, 0.15) is 24.8 Å². The molecular formula is C14H23NSi. The summed E-state index contributed by atoms with van der Waals surface area (Å²) in [6.45, 7) is 8.23. The molecule has 1 fully saturated rings. The van der Waals surface area contributed by atoms with E-state index in [1.165, 1.54) is 24.8 Å². The van der Waals surface area contributed by atoms with Crippen molar-refractivity contribution in [2.45, 2.75) is 51.5 Å². The highest BCUT2D eigenvalue weighted by Gasteiger charge is 2.17. The van der Waals surface area contributed by atoms with E-state index in [-0.39, 0.29) is 0 Å². The number of hydrogen-bond donors (Lipinski definition) is 1. The first-order valence-corrected chi connectivity index (χ1v) is 9.88. The lowest BCUT2D eigenvalue weighted by atomic mass is 9.93. The maximum Gasteiger partial charge on any atom is 0.0775 e. The van der Waals surface area contributed by atoms with Crippen LogP contribution < -0.4 is 10.5 Å². The van der Waals surface area contributed by atoms with Gasteiger partial charge in [-0.2, -0.15) is 0 Å². The summed E-state index contributed by atoms with van der Waals surface area (Å²) in [6.07, 6.45) is 4.15. The third kappa shape index (κ3) is 2.95. The first kappa shape index (κ1) is 11.9. The van der Waals surface area contributed by atoms with Crippen LogP contribution in [0.4, 0.5) is 0 Å². The van der Waals surface area contributed by atoms with Gasteiger partial charge in [-0.3, -0.25) is 0 Å². The van der Waals surface area contributed by atoms with Crippen molar-refractivity contribution < 1.29 is 0 Å². The highest BCUT2D eigenvalue weighted by Crippen LogP contribution is 2.18. The van der Waals surface area contributed by atoms with E-state index in [0.717, 1.165) is 12.6 Å². The molecule has 0 unspecified atom stereocenters. The molecule has 1 aromatic carbocycles. The zero-order chi connectivity index (χ0) is 11.6. The minimum absolute atomic E-state index is 0.789. The van der Waals surface area contributed by atoms with E-state index in [4.69, 9.17) is 0 Å². The van der Waals surface area contributed by atoms with E-state index in [0.29, 0.717) is 0 Å². The molecule has 0 aromatic heterocycles. The van der Waals surface area contributed by atoms with Gasteiger partial charge >= 0.3 is 0 Å². The fraction of sp³-hybridized carbons (Fsp3) is 0.571. The zero-order valence-corrected chi connectivity index (χ0v) is 11.7. The molecule has 1 nitrogen and oxygen atoms in total. The Kier molecular flexibility index (Phi) is 3.50. The van der Waals surface area contributed by atoms with Crippen LogP contribution in [-0.2, 0) is 6.54 Å². The van der Waals surface area contributed by atoms with Gasteiger partial charge in [0.1, 0.15) is 0 Å². The Morgan fingerprint density at radius 1 is 1.12 bits per heavy atom. The van der Waals surface area contributed by atoms with Crippen molar-refractivity contribution in [3.63, 3.8) is 0 Å². The van der Waals surface area contributed by atoms with Gasteiger partial charge < -0.3 is 5.32 Å². The smallest absolute Gasteiger partial charge is 0.0775 e. The average Bonchev–Trinajstić information content (AvgIpc) is 2.15. The molecule has 88 valence electrons. The van der Waals surface area contributed by atoms with Gasteiger partial charge in [-0.15, -0.1) is 0 Å². The summed E-state index contributed by atoms with van der Waals surface area (Å²) >= 11 is 0. The van der Waals surface area contributed by atoms with Crippen molar-refractivity contribution in [2.24, 2.45) is 0 Å². The second kappa shape index (κ2) is 4.72. The molecule has 0 saturated heterocycles. The van der Waals surface area contributed by atoms with E-state index in [1.807, 2.05) is 0 Å². The predicted molar refractivity (Wildman–Crippen MR) is 73.9 cm³/mol. The molecule has 2 rings (SSSR count). The molecule has 0 radical (unpaired) electrons. The van der Waals surface area contributed by atoms with Gasteiger partial charge in [0.15, 0.2) is 0 Å². The van der Waals surface area contributed by atoms with Crippen molar-refractivity contribution in [1.82, 2.24) is 5.32 Å². The van der Waals surface area contributed by atoms with E-state index in [2.05, 4.69) is 49.2 Å². The Hall–Kier alpha value is -0.603. The first-order valence-electron chi connectivity index (χ1n) is 6.38. The molecule has 1 aliphatic carbocycles. The van der Waals surface area contributed by atoms with Gasteiger partial charge in [-0.25, -0.2) is 0 Å². The molecule has 0 atom stereocenters. The van der Waals surface area contributed by atoms with Crippen molar-refractivity contribution in [3.8, 4) is 0 Å². The third-order valence-electron chi connectivity index (χ3n) is 3.52. The van der Waals surface area contributed by atoms with Gasteiger partial charge in [-0.05, 0) is 18.4 Å². The van der Waals surface area contributed by atoms with Crippen molar-refractivity contribution >= 4 is 13.3 Å². The summed E-state index contributed by atoms with van der Waals surface area (Å²) in [4.78, 5) is 0.